The molecule has 5 heteroatoms. The Hall–Kier alpha value is -0.840. The van der Waals surface area contributed by atoms with E-state index in [0.717, 1.165) is 18.2 Å². The largest absolute Gasteiger partial charge is 0.294 e. The Labute approximate surface area is 93.4 Å². The second-order valence-corrected chi connectivity index (χ2v) is 3.70. The molecule has 0 amide bonds. The van der Waals surface area contributed by atoms with Gasteiger partial charge < -0.3 is 0 Å². The highest BCUT2D eigenvalue weighted by atomic mass is 79.9. The van der Waals surface area contributed by atoms with Gasteiger partial charge in [-0.1, -0.05) is 22.0 Å². The van der Waals surface area contributed by atoms with Crippen LogP contribution >= 0.6 is 15.9 Å². The van der Waals surface area contributed by atoms with Crippen molar-refractivity contribution < 1.29 is 18.0 Å². The van der Waals surface area contributed by atoms with Gasteiger partial charge in [-0.3, -0.25) is 4.79 Å². The Morgan fingerprint density at radius 1 is 1.40 bits per heavy atom. The Morgan fingerprint density at radius 2 is 2.07 bits per heavy atom. The lowest BCUT2D eigenvalue weighted by Gasteiger charge is -2.04. The zero-order valence-electron chi connectivity index (χ0n) is 7.64. The summed E-state index contributed by atoms with van der Waals surface area (Å²) in [5.41, 5.74) is -0.610. The number of rotatable bonds is 4. The minimum Gasteiger partial charge on any atom is -0.294 e. The SMILES string of the molecule is O=C(CCBr)c1cc(C(F)F)ccc1F. The summed E-state index contributed by atoms with van der Waals surface area (Å²) in [6.45, 7) is 0. The van der Waals surface area contributed by atoms with Gasteiger partial charge >= 0.3 is 0 Å². The van der Waals surface area contributed by atoms with Crippen molar-refractivity contribution in [2.24, 2.45) is 0 Å². The third-order valence-electron chi connectivity index (χ3n) is 1.86. The summed E-state index contributed by atoms with van der Waals surface area (Å²) in [4.78, 5) is 11.3. The molecule has 0 aliphatic rings. The molecule has 82 valence electrons. The fraction of sp³-hybridized carbons (Fsp3) is 0.300. The van der Waals surface area contributed by atoms with E-state index < -0.39 is 18.0 Å². The zero-order valence-corrected chi connectivity index (χ0v) is 9.23. The smallest absolute Gasteiger partial charge is 0.263 e. The first-order valence-electron chi connectivity index (χ1n) is 4.23. The van der Waals surface area contributed by atoms with Gasteiger partial charge in [0.2, 0.25) is 0 Å². The number of halogens is 4. The van der Waals surface area contributed by atoms with Crippen LogP contribution in [0.2, 0.25) is 0 Å². The maximum absolute atomic E-state index is 13.1. The Morgan fingerprint density at radius 3 is 2.60 bits per heavy atom. The topological polar surface area (TPSA) is 17.1 Å². The van der Waals surface area contributed by atoms with Gasteiger partial charge in [-0.05, 0) is 12.1 Å². The van der Waals surface area contributed by atoms with Gasteiger partial charge in [-0.25, -0.2) is 13.2 Å². The van der Waals surface area contributed by atoms with Gasteiger partial charge in [0.1, 0.15) is 5.82 Å². The second kappa shape index (κ2) is 5.30. The molecule has 0 bridgehead atoms. The molecule has 0 spiro atoms. The monoisotopic (exact) mass is 280 g/mol. The van der Waals surface area contributed by atoms with Gasteiger partial charge in [0.15, 0.2) is 5.78 Å². The van der Waals surface area contributed by atoms with E-state index in [-0.39, 0.29) is 17.5 Å². The molecule has 1 aromatic rings. The highest BCUT2D eigenvalue weighted by Crippen LogP contribution is 2.22. The van der Waals surface area contributed by atoms with Gasteiger partial charge in [-0.2, -0.15) is 0 Å². The molecule has 1 nitrogen and oxygen atoms in total. The molecule has 1 rings (SSSR count). The number of alkyl halides is 3. The lowest BCUT2D eigenvalue weighted by molar-refractivity contribution is 0.0985. The predicted octanol–water partition coefficient (Wildman–Crippen LogP) is 3.73. The van der Waals surface area contributed by atoms with E-state index in [9.17, 15) is 18.0 Å². The number of hydrogen-bond acceptors (Lipinski definition) is 1. The summed E-state index contributed by atoms with van der Waals surface area (Å²) >= 11 is 3.03. The van der Waals surface area contributed by atoms with E-state index in [1.165, 1.54) is 0 Å². The standard InChI is InChI=1S/C10H8BrF3O/c11-4-3-9(15)7-5-6(10(13)14)1-2-8(7)12/h1-2,5,10H,3-4H2. The third kappa shape index (κ3) is 3.06. The Balaban J connectivity index is 3.05. The minimum absolute atomic E-state index is 0.0869. The molecule has 1 aromatic carbocycles. The highest BCUT2D eigenvalue weighted by molar-refractivity contribution is 9.09. The van der Waals surface area contributed by atoms with E-state index in [1.807, 2.05) is 0 Å². The van der Waals surface area contributed by atoms with Crippen LogP contribution in [0, 0.1) is 5.82 Å². The van der Waals surface area contributed by atoms with Gasteiger partial charge in [0, 0.05) is 17.3 Å². The van der Waals surface area contributed by atoms with Crippen molar-refractivity contribution in [2.45, 2.75) is 12.8 Å². The van der Waals surface area contributed by atoms with Crippen LogP contribution in [0.4, 0.5) is 13.2 Å². The van der Waals surface area contributed by atoms with Gasteiger partial charge in [-0.15, -0.1) is 0 Å². The van der Waals surface area contributed by atoms with Crippen LogP contribution in [-0.4, -0.2) is 11.1 Å². The van der Waals surface area contributed by atoms with Crippen LogP contribution in [0.5, 0.6) is 0 Å². The average molecular weight is 281 g/mol. The molecule has 0 aliphatic heterocycles. The van der Waals surface area contributed by atoms with Crippen molar-refractivity contribution in [1.29, 1.82) is 0 Å². The molecule has 0 aliphatic carbocycles. The highest BCUT2D eigenvalue weighted by Gasteiger charge is 2.15. The number of hydrogen-bond donors (Lipinski definition) is 0. The van der Waals surface area contributed by atoms with Crippen LogP contribution in [0.25, 0.3) is 0 Å². The second-order valence-electron chi connectivity index (χ2n) is 2.90. The summed E-state index contributed by atoms with van der Waals surface area (Å²) in [6, 6.07) is 2.78. The Kier molecular flexibility index (Phi) is 4.32. The van der Waals surface area contributed by atoms with Crippen molar-refractivity contribution in [3.8, 4) is 0 Å². The first kappa shape index (κ1) is 12.2. The molecule has 0 aromatic heterocycles. The van der Waals surface area contributed by atoms with E-state index in [0.29, 0.717) is 5.33 Å². The fourth-order valence-corrected chi connectivity index (χ4v) is 1.47. The molecule has 15 heavy (non-hydrogen) atoms. The first-order valence-corrected chi connectivity index (χ1v) is 5.35. The lowest BCUT2D eigenvalue weighted by Crippen LogP contribution is -2.04. The molecular formula is C10H8BrF3O. The lowest BCUT2D eigenvalue weighted by atomic mass is 10.1. The maximum Gasteiger partial charge on any atom is 0.263 e. The molecule has 0 radical (unpaired) electrons. The van der Waals surface area contributed by atoms with Crippen LogP contribution in [-0.2, 0) is 0 Å². The minimum atomic E-state index is -2.69. The number of carbonyl (C=O) groups excluding carboxylic acids is 1. The quantitative estimate of drug-likeness (QED) is 0.607. The van der Waals surface area contributed by atoms with Crippen LogP contribution in [0.15, 0.2) is 18.2 Å². The first-order chi connectivity index (χ1) is 7.06. The zero-order chi connectivity index (χ0) is 11.4. The number of Topliss-reactive ketones (excluding diaryl/α,β-unsaturated/α-hetero) is 1. The van der Waals surface area contributed by atoms with Crippen LogP contribution < -0.4 is 0 Å². The van der Waals surface area contributed by atoms with Crippen molar-refractivity contribution in [3.05, 3.63) is 35.1 Å². The third-order valence-corrected chi connectivity index (χ3v) is 2.26. The van der Waals surface area contributed by atoms with Gasteiger partial charge in [0.05, 0.1) is 5.56 Å². The molecule has 0 saturated carbocycles. The molecule has 0 fully saturated rings. The molecule has 0 atom stereocenters. The van der Waals surface area contributed by atoms with Crippen molar-refractivity contribution in [2.75, 3.05) is 5.33 Å². The summed E-state index contributed by atoms with van der Waals surface area (Å²) in [7, 11) is 0. The van der Waals surface area contributed by atoms with Crippen molar-refractivity contribution in [1.82, 2.24) is 0 Å². The van der Waals surface area contributed by atoms with Crippen LogP contribution in [0.1, 0.15) is 28.8 Å². The van der Waals surface area contributed by atoms with E-state index >= 15 is 0 Å². The summed E-state index contributed by atoms with van der Waals surface area (Å²) in [6.07, 6.45) is -2.61. The maximum atomic E-state index is 13.1. The number of ketones is 1. The van der Waals surface area contributed by atoms with E-state index in [1.54, 1.807) is 0 Å². The van der Waals surface area contributed by atoms with Gasteiger partial charge in [0.25, 0.3) is 6.43 Å². The van der Waals surface area contributed by atoms with E-state index in [4.69, 9.17) is 0 Å². The summed E-state index contributed by atoms with van der Waals surface area (Å²) < 4.78 is 37.7. The number of carbonyl (C=O) groups is 1. The van der Waals surface area contributed by atoms with Crippen molar-refractivity contribution >= 4 is 21.7 Å². The molecule has 0 saturated heterocycles. The van der Waals surface area contributed by atoms with Crippen molar-refractivity contribution in [3.63, 3.8) is 0 Å². The normalized spacial score (nSPS) is 10.7. The predicted molar refractivity (Wildman–Crippen MR) is 54.1 cm³/mol. The van der Waals surface area contributed by atoms with E-state index in [2.05, 4.69) is 15.9 Å². The molecule has 0 unspecified atom stereocenters. The molecule has 0 N–H and O–H groups in total. The summed E-state index contributed by atoms with van der Waals surface area (Å²) in [5.74, 6) is -1.24. The summed E-state index contributed by atoms with van der Waals surface area (Å²) in [5, 5.41) is 0.379. The van der Waals surface area contributed by atoms with Crippen LogP contribution in [0.3, 0.4) is 0 Å². The molecular weight excluding hydrogens is 273 g/mol. The average Bonchev–Trinajstić information content (AvgIpc) is 2.18. The fourth-order valence-electron chi connectivity index (χ4n) is 1.11. The molecule has 0 heterocycles. The Bertz CT molecular complexity index is 366. The number of benzene rings is 1.